The van der Waals surface area contributed by atoms with Gasteiger partial charge >= 0.3 is 0 Å². The molecule has 0 aliphatic carbocycles. The van der Waals surface area contributed by atoms with Crippen molar-refractivity contribution in [3.8, 4) is 0 Å². The zero-order valence-corrected chi connectivity index (χ0v) is 18.1. The van der Waals surface area contributed by atoms with Gasteiger partial charge in [0, 0.05) is 44.5 Å². The Labute approximate surface area is 187 Å². The predicted molar refractivity (Wildman–Crippen MR) is 119 cm³/mol. The van der Waals surface area contributed by atoms with E-state index >= 15 is 0 Å². The fraction of sp³-hybridized carbons (Fsp3) is 0.458. The quantitative estimate of drug-likeness (QED) is 0.745. The van der Waals surface area contributed by atoms with Crippen molar-refractivity contribution in [2.24, 2.45) is 5.92 Å². The number of morpholine rings is 1. The smallest absolute Gasteiger partial charge is 0.227 e. The van der Waals surface area contributed by atoms with E-state index in [0.717, 1.165) is 42.9 Å². The van der Waals surface area contributed by atoms with E-state index in [2.05, 4.69) is 15.2 Å². The van der Waals surface area contributed by atoms with Crippen molar-refractivity contribution in [3.05, 3.63) is 59.5 Å². The normalized spacial score (nSPS) is 19.0. The van der Waals surface area contributed by atoms with Crippen LogP contribution in [0.25, 0.3) is 0 Å². The molecule has 1 N–H and O–H groups in total. The molecule has 7 nitrogen and oxygen atoms in total. The Morgan fingerprint density at radius 3 is 2.69 bits per heavy atom. The number of halogens is 1. The molecule has 0 radical (unpaired) electrons. The van der Waals surface area contributed by atoms with E-state index in [0.29, 0.717) is 32.8 Å². The van der Waals surface area contributed by atoms with Gasteiger partial charge in [0.05, 0.1) is 25.6 Å². The molecule has 2 amide bonds. The molecule has 2 aromatic rings. The van der Waals surface area contributed by atoms with Gasteiger partial charge in [-0.2, -0.15) is 0 Å². The third-order valence-electron chi connectivity index (χ3n) is 6.04. The molecule has 2 fully saturated rings. The number of nitrogens with one attached hydrogen (secondary N) is 1. The molecular weight excluding hydrogens is 411 g/mol. The summed E-state index contributed by atoms with van der Waals surface area (Å²) in [5.74, 6) is 0.263. The molecule has 32 heavy (non-hydrogen) atoms. The number of nitrogens with zero attached hydrogens (tertiary/aromatic N) is 3. The van der Waals surface area contributed by atoms with Crippen LogP contribution in [0.5, 0.6) is 0 Å². The van der Waals surface area contributed by atoms with E-state index < -0.39 is 0 Å². The largest absolute Gasteiger partial charge is 0.378 e. The minimum absolute atomic E-state index is 0.0315. The summed E-state index contributed by atoms with van der Waals surface area (Å²) in [6.45, 7) is 4.37. The van der Waals surface area contributed by atoms with Crippen LogP contribution in [0.15, 0.2) is 42.6 Å². The number of pyridine rings is 1. The Morgan fingerprint density at radius 1 is 1.12 bits per heavy atom. The van der Waals surface area contributed by atoms with Crippen molar-refractivity contribution in [2.45, 2.75) is 25.8 Å². The third-order valence-corrected chi connectivity index (χ3v) is 6.04. The van der Waals surface area contributed by atoms with Gasteiger partial charge in [0.2, 0.25) is 11.8 Å². The fourth-order valence-electron chi connectivity index (χ4n) is 4.26. The molecule has 1 aromatic heterocycles. The lowest BCUT2D eigenvalue weighted by Gasteiger charge is -2.32. The van der Waals surface area contributed by atoms with Crippen LogP contribution >= 0.6 is 0 Å². The van der Waals surface area contributed by atoms with Crippen molar-refractivity contribution >= 4 is 17.6 Å². The van der Waals surface area contributed by atoms with Gasteiger partial charge in [-0.05, 0) is 36.6 Å². The maximum atomic E-state index is 13.1. The van der Waals surface area contributed by atoms with Gasteiger partial charge in [-0.25, -0.2) is 9.37 Å². The second-order valence-corrected chi connectivity index (χ2v) is 8.29. The number of likely N-dealkylation sites (tertiary alicyclic amines) is 1. The molecular formula is C24H29FN4O3. The molecule has 170 valence electrons. The van der Waals surface area contributed by atoms with Gasteiger partial charge in [-0.1, -0.05) is 18.2 Å². The monoisotopic (exact) mass is 440 g/mol. The lowest BCUT2D eigenvalue weighted by molar-refractivity contribution is -0.135. The van der Waals surface area contributed by atoms with E-state index in [1.165, 1.54) is 12.1 Å². The molecule has 1 atom stereocenters. The Bertz CT molecular complexity index is 931. The van der Waals surface area contributed by atoms with Gasteiger partial charge in [-0.15, -0.1) is 0 Å². The number of ether oxygens (including phenoxy) is 1. The lowest BCUT2D eigenvalue weighted by atomic mass is 9.96. The van der Waals surface area contributed by atoms with Crippen LogP contribution in [-0.4, -0.2) is 61.1 Å². The minimum Gasteiger partial charge on any atom is -0.378 e. The first kappa shape index (κ1) is 22.2. The molecule has 0 spiro atoms. The number of carbonyl (C=O) groups excluding carboxylic acids is 2. The zero-order chi connectivity index (χ0) is 22.3. The molecule has 1 aromatic carbocycles. The highest BCUT2D eigenvalue weighted by molar-refractivity contribution is 5.82. The number of amides is 2. The van der Waals surface area contributed by atoms with E-state index in [-0.39, 0.29) is 30.0 Å². The van der Waals surface area contributed by atoms with Gasteiger partial charge < -0.3 is 19.9 Å². The SMILES string of the molecule is O=C(NCc1cccnc1N1CCOCC1)C1CCCN(C(=O)Cc2ccc(F)cc2)C1. The first-order chi connectivity index (χ1) is 15.6. The van der Waals surface area contributed by atoms with Crippen molar-refractivity contribution in [2.75, 3.05) is 44.3 Å². The van der Waals surface area contributed by atoms with Crippen LogP contribution in [0.4, 0.5) is 10.2 Å². The maximum Gasteiger partial charge on any atom is 0.227 e. The average Bonchev–Trinajstić information content (AvgIpc) is 2.84. The van der Waals surface area contributed by atoms with Crippen LogP contribution < -0.4 is 10.2 Å². The number of anilines is 1. The number of rotatable bonds is 6. The van der Waals surface area contributed by atoms with Crippen molar-refractivity contribution in [1.82, 2.24) is 15.2 Å². The van der Waals surface area contributed by atoms with Gasteiger partial charge in [-0.3, -0.25) is 9.59 Å². The number of hydrogen-bond donors (Lipinski definition) is 1. The molecule has 0 bridgehead atoms. The third kappa shape index (κ3) is 5.62. The van der Waals surface area contributed by atoms with Crippen LogP contribution in [0.2, 0.25) is 0 Å². The van der Waals surface area contributed by atoms with Crippen LogP contribution in [0.3, 0.4) is 0 Å². The number of benzene rings is 1. The van der Waals surface area contributed by atoms with E-state index in [9.17, 15) is 14.0 Å². The summed E-state index contributed by atoms with van der Waals surface area (Å²) in [7, 11) is 0. The summed E-state index contributed by atoms with van der Waals surface area (Å²) in [5, 5.41) is 3.05. The molecule has 8 heteroatoms. The molecule has 1 unspecified atom stereocenters. The molecule has 4 rings (SSSR count). The van der Waals surface area contributed by atoms with E-state index in [1.807, 2.05) is 12.1 Å². The highest BCUT2D eigenvalue weighted by Crippen LogP contribution is 2.21. The van der Waals surface area contributed by atoms with Gasteiger partial charge in [0.25, 0.3) is 0 Å². The Kier molecular flexibility index (Phi) is 7.32. The first-order valence-electron chi connectivity index (χ1n) is 11.2. The highest BCUT2D eigenvalue weighted by atomic mass is 19.1. The first-order valence-corrected chi connectivity index (χ1v) is 11.2. The topological polar surface area (TPSA) is 74.8 Å². The van der Waals surface area contributed by atoms with Crippen LogP contribution in [0.1, 0.15) is 24.0 Å². The van der Waals surface area contributed by atoms with E-state index in [1.54, 1.807) is 23.2 Å². The summed E-state index contributed by atoms with van der Waals surface area (Å²) in [4.78, 5) is 34.0. The summed E-state index contributed by atoms with van der Waals surface area (Å²) in [5.41, 5.74) is 1.75. The Balaban J connectivity index is 1.32. The molecule has 2 aliphatic rings. The Hall–Kier alpha value is -3.00. The predicted octanol–water partition coefficient (Wildman–Crippen LogP) is 2.15. The fourth-order valence-corrected chi connectivity index (χ4v) is 4.26. The average molecular weight is 441 g/mol. The summed E-state index contributed by atoms with van der Waals surface area (Å²) in [6.07, 6.45) is 3.53. The van der Waals surface area contributed by atoms with Gasteiger partial charge in [0.1, 0.15) is 11.6 Å². The zero-order valence-electron chi connectivity index (χ0n) is 18.1. The second-order valence-electron chi connectivity index (χ2n) is 8.29. The molecule has 2 saturated heterocycles. The number of hydrogen-bond acceptors (Lipinski definition) is 5. The summed E-state index contributed by atoms with van der Waals surface area (Å²) >= 11 is 0. The van der Waals surface area contributed by atoms with Crippen molar-refractivity contribution in [1.29, 1.82) is 0 Å². The molecule has 3 heterocycles. The second kappa shape index (κ2) is 10.5. The van der Waals surface area contributed by atoms with Crippen LogP contribution in [0, 0.1) is 11.7 Å². The van der Waals surface area contributed by atoms with E-state index in [4.69, 9.17) is 4.74 Å². The Morgan fingerprint density at radius 2 is 1.91 bits per heavy atom. The number of carbonyl (C=O) groups is 2. The van der Waals surface area contributed by atoms with Crippen molar-refractivity contribution in [3.63, 3.8) is 0 Å². The summed E-state index contributed by atoms with van der Waals surface area (Å²) < 4.78 is 18.5. The summed E-state index contributed by atoms with van der Waals surface area (Å²) in [6, 6.07) is 9.83. The number of aromatic nitrogens is 1. The minimum atomic E-state index is -0.318. The van der Waals surface area contributed by atoms with Gasteiger partial charge in [0.15, 0.2) is 0 Å². The maximum absolute atomic E-state index is 13.1. The standard InChI is InChI=1S/C24H29FN4O3/c25-21-7-5-18(6-8-21)15-22(30)29-10-2-4-20(17-29)24(31)27-16-19-3-1-9-26-23(19)28-11-13-32-14-12-28/h1,3,5-9,20H,2,4,10-17H2,(H,27,31). The number of piperidine rings is 1. The highest BCUT2D eigenvalue weighted by Gasteiger charge is 2.28. The molecule has 0 saturated carbocycles. The van der Waals surface area contributed by atoms with Crippen LogP contribution in [-0.2, 0) is 27.3 Å². The lowest BCUT2D eigenvalue weighted by Crippen LogP contribution is -2.46. The molecule has 2 aliphatic heterocycles. The van der Waals surface area contributed by atoms with Crippen molar-refractivity contribution < 1.29 is 18.7 Å².